The predicted octanol–water partition coefficient (Wildman–Crippen LogP) is 3.74. The van der Waals surface area contributed by atoms with Crippen LogP contribution >= 0.6 is 0 Å². The Kier molecular flexibility index (Phi) is 3.79. The van der Waals surface area contributed by atoms with Crippen LogP contribution in [0.4, 0.5) is 0 Å². The van der Waals surface area contributed by atoms with Gasteiger partial charge in [-0.25, -0.2) is 0 Å². The molecule has 0 heterocycles. The van der Waals surface area contributed by atoms with E-state index in [9.17, 15) is 4.79 Å². The van der Waals surface area contributed by atoms with Crippen LogP contribution in [0.1, 0.15) is 57.5 Å². The average Bonchev–Trinajstić information content (AvgIpc) is 2.32. The average molecular weight is 284 g/mol. The molecule has 0 unspecified atom stereocenters. The number of allylic oxidation sites excluding steroid dienone is 2. The maximum absolute atomic E-state index is 12.6. The SMILES string of the molecule is CC(C)(C)N=C1C=C(NC(C)(C)C)C(=O)c2ccccc21. The van der Waals surface area contributed by atoms with Crippen LogP contribution in [-0.4, -0.2) is 22.6 Å². The van der Waals surface area contributed by atoms with Gasteiger partial charge in [-0.15, -0.1) is 0 Å². The summed E-state index contributed by atoms with van der Waals surface area (Å²) in [6, 6.07) is 7.67. The number of Topliss-reactive ketones (excluding diaryl/α,β-unsaturated/α-hetero) is 1. The molecule has 1 aliphatic carbocycles. The predicted molar refractivity (Wildman–Crippen MR) is 88.0 cm³/mol. The van der Waals surface area contributed by atoms with Gasteiger partial charge in [0.05, 0.1) is 16.9 Å². The topological polar surface area (TPSA) is 41.5 Å². The number of hydrogen-bond acceptors (Lipinski definition) is 3. The minimum atomic E-state index is -0.188. The summed E-state index contributed by atoms with van der Waals surface area (Å²) in [5, 5.41) is 3.30. The van der Waals surface area contributed by atoms with Crippen LogP contribution in [0.5, 0.6) is 0 Å². The molecular weight excluding hydrogens is 260 g/mol. The number of nitrogens with one attached hydrogen (secondary N) is 1. The summed E-state index contributed by atoms with van der Waals surface area (Å²) >= 11 is 0. The number of rotatable bonds is 1. The van der Waals surface area contributed by atoms with E-state index < -0.39 is 0 Å². The maximum atomic E-state index is 12.6. The summed E-state index contributed by atoms with van der Waals surface area (Å²) in [7, 11) is 0. The Bertz CT molecular complexity index is 625. The molecule has 1 aliphatic rings. The highest BCUT2D eigenvalue weighted by atomic mass is 16.1. The molecule has 1 aromatic rings. The summed E-state index contributed by atoms with van der Waals surface area (Å²) in [5.74, 6) is 0.0355. The molecule has 1 aromatic carbocycles. The largest absolute Gasteiger partial charge is 0.377 e. The van der Waals surface area contributed by atoms with E-state index >= 15 is 0 Å². The van der Waals surface area contributed by atoms with Gasteiger partial charge in [0.1, 0.15) is 0 Å². The van der Waals surface area contributed by atoms with Crippen LogP contribution in [0.2, 0.25) is 0 Å². The van der Waals surface area contributed by atoms with Gasteiger partial charge in [0.2, 0.25) is 5.78 Å². The molecule has 0 saturated carbocycles. The molecule has 0 atom stereocenters. The number of hydrogen-bond donors (Lipinski definition) is 1. The molecular formula is C18H24N2O. The van der Waals surface area contributed by atoms with Crippen molar-refractivity contribution >= 4 is 11.5 Å². The molecule has 0 aliphatic heterocycles. The van der Waals surface area contributed by atoms with E-state index in [1.807, 2.05) is 51.1 Å². The lowest BCUT2D eigenvalue weighted by atomic mass is 9.90. The van der Waals surface area contributed by atoms with E-state index in [4.69, 9.17) is 4.99 Å². The fraction of sp³-hybridized carbons (Fsp3) is 0.444. The second-order valence-corrected chi connectivity index (χ2v) is 7.48. The van der Waals surface area contributed by atoms with Crippen LogP contribution in [0.25, 0.3) is 0 Å². The fourth-order valence-electron chi connectivity index (χ4n) is 2.28. The first-order valence-corrected chi connectivity index (χ1v) is 7.31. The second-order valence-electron chi connectivity index (χ2n) is 7.48. The lowest BCUT2D eigenvalue weighted by Crippen LogP contribution is -2.39. The minimum absolute atomic E-state index is 0.0355. The van der Waals surface area contributed by atoms with Crippen molar-refractivity contribution in [2.45, 2.75) is 52.6 Å². The molecule has 21 heavy (non-hydrogen) atoms. The zero-order valence-corrected chi connectivity index (χ0v) is 13.7. The summed E-state index contributed by atoms with van der Waals surface area (Å²) in [6.07, 6.45) is 1.88. The van der Waals surface area contributed by atoms with Crippen molar-refractivity contribution in [3.8, 4) is 0 Å². The first-order chi connectivity index (χ1) is 9.57. The van der Waals surface area contributed by atoms with Gasteiger partial charge in [-0.1, -0.05) is 24.3 Å². The fourth-order valence-corrected chi connectivity index (χ4v) is 2.28. The summed E-state index contributed by atoms with van der Waals surface area (Å²) < 4.78 is 0. The van der Waals surface area contributed by atoms with Crippen molar-refractivity contribution < 1.29 is 4.79 Å². The molecule has 0 spiro atoms. The maximum Gasteiger partial charge on any atom is 0.209 e. The summed E-state index contributed by atoms with van der Waals surface area (Å²) in [4.78, 5) is 17.4. The number of fused-ring (bicyclic) bond motifs is 1. The van der Waals surface area contributed by atoms with Crippen molar-refractivity contribution in [2.75, 3.05) is 0 Å². The molecule has 2 rings (SSSR count). The van der Waals surface area contributed by atoms with E-state index in [0.717, 1.165) is 16.8 Å². The number of carbonyl (C=O) groups is 1. The smallest absolute Gasteiger partial charge is 0.209 e. The number of ketones is 1. The van der Waals surface area contributed by atoms with Crippen LogP contribution in [0, 0.1) is 0 Å². The molecule has 0 amide bonds. The highest BCUT2D eigenvalue weighted by Crippen LogP contribution is 2.23. The number of nitrogens with zero attached hydrogens (tertiary/aromatic N) is 1. The highest BCUT2D eigenvalue weighted by Gasteiger charge is 2.27. The molecule has 0 aromatic heterocycles. The van der Waals surface area contributed by atoms with Crippen LogP contribution < -0.4 is 5.32 Å². The molecule has 0 radical (unpaired) electrons. The van der Waals surface area contributed by atoms with Gasteiger partial charge in [0.25, 0.3) is 0 Å². The zero-order chi connectivity index (χ0) is 15.8. The van der Waals surface area contributed by atoms with Crippen molar-refractivity contribution in [2.24, 2.45) is 4.99 Å². The Morgan fingerprint density at radius 2 is 1.52 bits per heavy atom. The van der Waals surface area contributed by atoms with Gasteiger partial charge >= 0.3 is 0 Å². The van der Waals surface area contributed by atoms with Crippen molar-refractivity contribution in [3.63, 3.8) is 0 Å². The molecule has 0 saturated heterocycles. The molecule has 0 fully saturated rings. The van der Waals surface area contributed by atoms with Crippen molar-refractivity contribution in [3.05, 3.63) is 47.2 Å². The standard InChI is InChI=1S/C18H24N2O/c1-17(2,3)19-14-11-15(20-18(4,5)6)16(21)13-10-8-7-9-12(13)14/h7-11,20H,1-6H3. The van der Waals surface area contributed by atoms with Gasteiger partial charge < -0.3 is 5.32 Å². The normalized spacial score (nSPS) is 17.5. The molecule has 3 heteroatoms. The highest BCUT2D eigenvalue weighted by molar-refractivity contribution is 6.26. The van der Waals surface area contributed by atoms with Gasteiger partial charge in [0.15, 0.2) is 0 Å². The Morgan fingerprint density at radius 1 is 0.952 bits per heavy atom. The Hall–Kier alpha value is -1.90. The van der Waals surface area contributed by atoms with Crippen LogP contribution in [-0.2, 0) is 0 Å². The van der Waals surface area contributed by atoms with Crippen molar-refractivity contribution in [1.29, 1.82) is 0 Å². The van der Waals surface area contributed by atoms with Gasteiger partial charge in [-0.2, -0.15) is 0 Å². The van der Waals surface area contributed by atoms with E-state index in [-0.39, 0.29) is 16.9 Å². The second kappa shape index (κ2) is 5.14. The molecule has 3 nitrogen and oxygen atoms in total. The number of carbonyl (C=O) groups excluding carboxylic acids is 1. The third kappa shape index (κ3) is 3.81. The monoisotopic (exact) mass is 284 g/mol. The number of benzene rings is 1. The lowest BCUT2D eigenvalue weighted by Gasteiger charge is -2.27. The minimum Gasteiger partial charge on any atom is -0.377 e. The van der Waals surface area contributed by atoms with Crippen LogP contribution in [0.3, 0.4) is 0 Å². The van der Waals surface area contributed by atoms with Gasteiger partial charge in [-0.05, 0) is 47.6 Å². The van der Waals surface area contributed by atoms with E-state index in [0.29, 0.717) is 5.70 Å². The summed E-state index contributed by atoms with van der Waals surface area (Å²) in [5.41, 5.74) is 2.76. The Morgan fingerprint density at radius 3 is 2.05 bits per heavy atom. The molecule has 112 valence electrons. The first-order valence-electron chi connectivity index (χ1n) is 7.31. The van der Waals surface area contributed by atoms with E-state index in [1.165, 1.54) is 0 Å². The van der Waals surface area contributed by atoms with Crippen LogP contribution in [0.15, 0.2) is 41.0 Å². The first kappa shape index (κ1) is 15.5. The van der Waals surface area contributed by atoms with E-state index in [1.54, 1.807) is 0 Å². The number of aliphatic imine (C=N–C) groups is 1. The molecule has 1 N–H and O–H groups in total. The molecule has 0 bridgehead atoms. The van der Waals surface area contributed by atoms with Gasteiger partial charge in [-0.3, -0.25) is 9.79 Å². The lowest BCUT2D eigenvalue weighted by molar-refractivity contribution is 0.102. The Balaban J connectivity index is 2.56. The zero-order valence-electron chi connectivity index (χ0n) is 13.7. The summed E-state index contributed by atoms with van der Waals surface area (Å²) in [6.45, 7) is 12.3. The quantitative estimate of drug-likeness (QED) is 0.853. The third-order valence-corrected chi connectivity index (χ3v) is 2.94. The third-order valence-electron chi connectivity index (χ3n) is 2.94. The van der Waals surface area contributed by atoms with E-state index in [2.05, 4.69) is 26.1 Å². The van der Waals surface area contributed by atoms with Crippen molar-refractivity contribution in [1.82, 2.24) is 5.32 Å². The van der Waals surface area contributed by atoms with Gasteiger partial charge in [0, 0.05) is 16.7 Å². The Labute approximate surface area is 127 Å².